The van der Waals surface area contributed by atoms with Gasteiger partial charge in [0.15, 0.2) is 6.10 Å². The van der Waals surface area contributed by atoms with Gasteiger partial charge in [0, 0.05) is 11.6 Å². The molecule has 0 saturated carbocycles. The largest absolute Gasteiger partial charge is 0.449 e. The molecule has 7 heteroatoms. The van der Waals surface area contributed by atoms with Gasteiger partial charge in [-0.25, -0.2) is 13.6 Å². The van der Waals surface area contributed by atoms with Crippen LogP contribution in [0, 0.1) is 11.6 Å². The van der Waals surface area contributed by atoms with Crippen LogP contribution in [0.4, 0.5) is 8.78 Å². The highest BCUT2D eigenvalue weighted by atomic mass is 19.1. The highest BCUT2D eigenvalue weighted by Gasteiger charge is 2.18. The van der Waals surface area contributed by atoms with E-state index in [0.29, 0.717) is 11.1 Å². The minimum atomic E-state index is -0.762. The third-order valence-electron chi connectivity index (χ3n) is 3.45. The average Bonchev–Trinajstić information content (AvgIpc) is 3.12. The predicted molar refractivity (Wildman–Crippen MR) is 89.6 cm³/mol. The van der Waals surface area contributed by atoms with Crippen molar-refractivity contribution in [3.05, 3.63) is 77.7 Å². The van der Waals surface area contributed by atoms with E-state index in [9.17, 15) is 13.6 Å². The summed E-state index contributed by atoms with van der Waals surface area (Å²) in [5, 5.41) is 7.70. The van der Waals surface area contributed by atoms with Crippen LogP contribution in [-0.4, -0.2) is 16.2 Å². The second-order valence-electron chi connectivity index (χ2n) is 5.42. The van der Waals surface area contributed by atoms with Crippen LogP contribution in [-0.2, 0) is 9.53 Å². The third-order valence-corrected chi connectivity index (χ3v) is 3.45. The van der Waals surface area contributed by atoms with Gasteiger partial charge in [-0.05, 0) is 55.0 Å². The van der Waals surface area contributed by atoms with Crippen LogP contribution in [0.5, 0.6) is 0 Å². The summed E-state index contributed by atoms with van der Waals surface area (Å²) in [6.45, 7) is 1.59. The van der Waals surface area contributed by atoms with Crippen molar-refractivity contribution in [3.8, 4) is 11.5 Å². The molecule has 3 aromatic rings. The Morgan fingerprint density at radius 1 is 1.04 bits per heavy atom. The Morgan fingerprint density at radius 2 is 1.65 bits per heavy atom. The van der Waals surface area contributed by atoms with Crippen molar-refractivity contribution >= 4 is 12.0 Å². The number of hydrogen-bond acceptors (Lipinski definition) is 5. The number of ether oxygens (including phenoxy) is 1. The first kappa shape index (κ1) is 17.5. The maximum absolute atomic E-state index is 12.9. The first-order valence-electron chi connectivity index (χ1n) is 7.75. The lowest BCUT2D eigenvalue weighted by Crippen LogP contribution is -2.06. The molecular formula is C19H14F2N2O3. The number of benzene rings is 2. The second kappa shape index (κ2) is 7.69. The van der Waals surface area contributed by atoms with Crippen molar-refractivity contribution in [1.29, 1.82) is 0 Å². The van der Waals surface area contributed by atoms with Crippen LogP contribution in [0.3, 0.4) is 0 Å². The van der Waals surface area contributed by atoms with E-state index < -0.39 is 12.1 Å². The first-order chi connectivity index (χ1) is 12.5. The van der Waals surface area contributed by atoms with Crippen molar-refractivity contribution in [1.82, 2.24) is 10.2 Å². The SMILES string of the molecule is C[C@@H](OC(=O)/C=C/c1ccc(F)cc1)c1nnc(-c2ccc(F)cc2)o1. The van der Waals surface area contributed by atoms with E-state index in [1.807, 2.05) is 0 Å². The molecule has 0 aliphatic carbocycles. The van der Waals surface area contributed by atoms with E-state index in [1.165, 1.54) is 60.7 Å². The van der Waals surface area contributed by atoms with E-state index >= 15 is 0 Å². The highest BCUT2D eigenvalue weighted by molar-refractivity contribution is 5.87. The van der Waals surface area contributed by atoms with E-state index in [0.717, 1.165) is 0 Å². The van der Waals surface area contributed by atoms with Crippen LogP contribution in [0.2, 0.25) is 0 Å². The zero-order valence-electron chi connectivity index (χ0n) is 13.7. The molecule has 3 rings (SSSR count). The summed E-state index contributed by atoms with van der Waals surface area (Å²) >= 11 is 0. The standard InChI is InChI=1S/C19H14F2N2O3/c1-12(25-17(24)11-4-13-2-7-15(20)8-3-13)18-22-23-19(26-18)14-5-9-16(21)10-6-14/h2-12H,1H3/b11-4+/t12-/m1/s1. The summed E-state index contributed by atoms with van der Waals surface area (Å²) in [5.41, 5.74) is 1.22. The lowest BCUT2D eigenvalue weighted by Gasteiger charge is -2.06. The number of carbonyl (C=O) groups excluding carboxylic acids is 1. The Labute approximate surface area is 147 Å². The molecule has 26 heavy (non-hydrogen) atoms. The highest BCUT2D eigenvalue weighted by Crippen LogP contribution is 2.22. The van der Waals surface area contributed by atoms with E-state index in [-0.39, 0.29) is 23.4 Å². The van der Waals surface area contributed by atoms with Gasteiger partial charge in [-0.15, -0.1) is 10.2 Å². The summed E-state index contributed by atoms with van der Waals surface area (Å²) in [4.78, 5) is 11.9. The molecule has 0 radical (unpaired) electrons. The average molecular weight is 356 g/mol. The van der Waals surface area contributed by atoms with Crippen molar-refractivity contribution < 1.29 is 22.7 Å². The molecule has 1 aromatic heterocycles. The van der Waals surface area contributed by atoms with E-state index in [1.54, 1.807) is 6.92 Å². The topological polar surface area (TPSA) is 65.2 Å². The molecule has 0 amide bonds. The lowest BCUT2D eigenvalue weighted by molar-refractivity contribution is -0.143. The quantitative estimate of drug-likeness (QED) is 0.503. The van der Waals surface area contributed by atoms with Gasteiger partial charge in [0.1, 0.15) is 11.6 Å². The Balaban J connectivity index is 1.62. The maximum atomic E-state index is 12.9. The Bertz CT molecular complexity index is 919. The molecule has 2 aromatic carbocycles. The number of nitrogens with zero attached hydrogens (tertiary/aromatic N) is 2. The zero-order chi connectivity index (χ0) is 18.5. The van der Waals surface area contributed by atoms with Crippen molar-refractivity contribution in [2.24, 2.45) is 0 Å². The summed E-state index contributed by atoms with van der Waals surface area (Å²) in [6, 6.07) is 11.2. The summed E-state index contributed by atoms with van der Waals surface area (Å²) < 4.78 is 36.4. The van der Waals surface area contributed by atoms with E-state index in [2.05, 4.69) is 10.2 Å². The molecule has 0 saturated heterocycles. The van der Waals surface area contributed by atoms with Gasteiger partial charge in [0.2, 0.25) is 5.89 Å². The van der Waals surface area contributed by atoms with Gasteiger partial charge < -0.3 is 9.15 Å². The molecule has 1 heterocycles. The minimum Gasteiger partial charge on any atom is -0.449 e. The number of esters is 1. The molecule has 0 spiro atoms. The second-order valence-corrected chi connectivity index (χ2v) is 5.42. The lowest BCUT2D eigenvalue weighted by atomic mass is 10.2. The number of aromatic nitrogens is 2. The Morgan fingerprint density at radius 3 is 2.31 bits per heavy atom. The van der Waals surface area contributed by atoms with Gasteiger partial charge in [-0.1, -0.05) is 12.1 Å². The minimum absolute atomic E-state index is 0.118. The molecule has 1 atom stereocenters. The van der Waals surface area contributed by atoms with Crippen LogP contribution in [0.15, 0.2) is 59.0 Å². The maximum Gasteiger partial charge on any atom is 0.331 e. The summed E-state index contributed by atoms with van der Waals surface area (Å²) in [7, 11) is 0. The number of hydrogen-bond donors (Lipinski definition) is 0. The van der Waals surface area contributed by atoms with Crippen LogP contribution in [0.25, 0.3) is 17.5 Å². The zero-order valence-corrected chi connectivity index (χ0v) is 13.7. The van der Waals surface area contributed by atoms with Gasteiger partial charge in [0.25, 0.3) is 5.89 Å². The molecule has 0 aliphatic heterocycles. The van der Waals surface area contributed by atoms with Gasteiger partial charge in [-0.2, -0.15) is 0 Å². The predicted octanol–water partition coefficient (Wildman–Crippen LogP) is 4.33. The molecule has 0 fully saturated rings. The first-order valence-corrected chi connectivity index (χ1v) is 7.75. The van der Waals surface area contributed by atoms with Crippen LogP contribution >= 0.6 is 0 Å². The third kappa shape index (κ3) is 4.38. The van der Waals surface area contributed by atoms with E-state index in [4.69, 9.17) is 9.15 Å². The van der Waals surface area contributed by atoms with Crippen LogP contribution in [0.1, 0.15) is 24.5 Å². The van der Waals surface area contributed by atoms with Crippen molar-refractivity contribution in [2.45, 2.75) is 13.0 Å². The van der Waals surface area contributed by atoms with Crippen molar-refractivity contribution in [2.75, 3.05) is 0 Å². The van der Waals surface area contributed by atoms with Gasteiger partial charge in [0.05, 0.1) is 0 Å². The Hall–Kier alpha value is -3.35. The number of rotatable bonds is 5. The monoisotopic (exact) mass is 356 g/mol. The number of carbonyl (C=O) groups is 1. The molecular weight excluding hydrogens is 342 g/mol. The molecule has 0 bridgehead atoms. The van der Waals surface area contributed by atoms with Crippen molar-refractivity contribution in [3.63, 3.8) is 0 Å². The fourth-order valence-electron chi connectivity index (χ4n) is 2.11. The molecule has 0 N–H and O–H groups in total. The smallest absolute Gasteiger partial charge is 0.331 e. The fourth-order valence-corrected chi connectivity index (χ4v) is 2.11. The molecule has 0 unspecified atom stereocenters. The Kier molecular flexibility index (Phi) is 5.17. The summed E-state index contributed by atoms with van der Waals surface area (Å²) in [5.74, 6) is -1.02. The summed E-state index contributed by atoms with van der Waals surface area (Å²) in [6.07, 6.45) is 1.97. The van der Waals surface area contributed by atoms with Gasteiger partial charge in [-0.3, -0.25) is 0 Å². The van der Waals surface area contributed by atoms with Gasteiger partial charge >= 0.3 is 5.97 Å². The molecule has 0 aliphatic rings. The van der Waals surface area contributed by atoms with Crippen LogP contribution < -0.4 is 0 Å². The normalized spacial score (nSPS) is 12.3. The molecule has 132 valence electrons. The molecule has 5 nitrogen and oxygen atoms in total. The fraction of sp³-hybridized carbons (Fsp3) is 0.105. The number of halogens is 2.